The minimum absolute atomic E-state index is 0.117. The number of aromatic nitrogens is 3. The molecule has 32 heavy (non-hydrogen) atoms. The van der Waals surface area contributed by atoms with Crippen LogP contribution in [0.1, 0.15) is 19.8 Å². The van der Waals surface area contributed by atoms with Crippen LogP contribution in [-0.2, 0) is 4.79 Å². The Kier molecular flexibility index (Phi) is 5.85. The summed E-state index contributed by atoms with van der Waals surface area (Å²) >= 11 is 7.35. The number of carbonyl (C=O) groups excluding carboxylic acids is 1. The number of fused-ring (bicyclic) bond motifs is 1. The van der Waals surface area contributed by atoms with E-state index >= 15 is 0 Å². The van der Waals surface area contributed by atoms with Crippen LogP contribution in [0.4, 0.5) is 0 Å². The number of carbonyl (C=O) groups is 1. The zero-order chi connectivity index (χ0) is 22.1. The molecule has 0 bridgehead atoms. The fourth-order valence-electron chi connectivity index (χ4n) is 3.88. The first-order valence-electron chi connectivity index (χ1n) is 10.5. The zero-order valence-electron chi connectivity index (χ0n) is 17.5. The number of rotatable bonds is 5. The van der Waals surface area contributed by atoms with Gasteiger partial charge in [-0.3, -0.25) is 4.79 Å². The molecular formula is C24H21ClN4O2S. The Bertz CT molecular complexity index is 1270. The molecule has 8 heteroatoms. The molecule has 0 aliphatic carbocycles. The third-order valence-corrected chi connectivity index (χ3v) is 6.71. The molecule has 162 valence electrons. The molecule has 0 radical (unpaired) electrons. The van der Waals surface area contributed by atoms with Crippen molar-refractivity contribution in [1.29, 1.82) is 0 Å². The van der Waals surface area contributed by atoms with E-state index in [4.69, 9.17) is 21.0 Å². The number of likely N-dealkylation sites (tertiary alicyclic amines) is 1. The lowest BCUT2D eigenvalue weighted by Crippen LogP contribution is -2.34. The van der Waals surface area contributed by atoms with Crippen molar-refractivity contribution in [1.82, 2.24) is 20.1 Å². The van der Waals surface area contributed by atoms with Gasteiger partial charge >= 0.3 is 0 Å². The first kappa shape index (κ1) is 21.0. The highest BCUT2D eigenvalue weighted by Gasteiger charge is 2.26. The zero-order valence-corrected chi connectivity index (χ0v) is 19.1. The van der Waals surface area contributed by atoms with Crippen LogP contribution >= 0.6 is 23.4 Å². The molecule has 6 nitrogen and oxygen atoms in total. The summed E-state index contributed by atoms with van der Waals surface area (Å²) in [5, 5.41) is 10.2. The van der Waals surface area contributed by atoms with Gasteiger partial charge in [-0.1, -0.05) is 53.7 Å². The molecule has 1 atom stereocenters. The molecule has 2 aromatic heterocycles. The molecule has 2 aromatic carbocycles. The molecule has 3 heterocycles. The highest BCUT2D eigenvalue weighted by Crippen LogP contribution is 2.34. The Balaban J connectivity index is 1.47. The van der Waals surface area contributed by atoms with Crippen molar-refractivity contribution in [2.24, 2.45) is 0 Å². The number of para-hydroxylation sites is 1. The van der Waals surface area contributed by atoms with Crippen LogP contribution in [-0.4, -0.2) is 44.3 Å². The molecular weight excluding hydrogens is 444 g/mol. The number of benzene rings is 2. The molecule has 0 saturated carbocycles. The van der Waals surface area contributed by atoms with Gasteiger partial charge in [-0.05, 0) is 44.0 Å². The van der Waals surface area contributed by atoms with Gasteiger partial charge < -0.3 is 9.32 Å². The fourth-order valence-corrected chi connectivity index (χ4v) is 4.78. The van der Waals surface area contributed by atoms with Crippen LogP contribution in [0.5, 0.6) is 0 Å². The van der Waals surface area contributed by atoms with Gasteiger partial charge in [0.15, 0.2) is 0 Å². The van der Waals surface area contributed by atoms with Crippen molar-refractivity contribution in [2.45, 2.75) is 30.2 Å². The summed E-state index contributed by atoms with van der Waals surface area (Å²) in [5.41, 5.74) is 3.37. The van der Waals surface area contributed by atoms with Gasteiger partial charge in [0.2, 0.25) is 11.8 Å². The Hall–Kier alpha value is -2.90. The van der Waals surface area contributed by atoms with E-state index in [9.17, 15) is 4.79 Å². The molecule has 0 unspecified atom stereocenters. The predicted molar refractivity (Wildman–Crippen MR) is 127 cm³/mol. The van der Waals surface area contributed by atoms with E-state index in [0.29, 0.717) is 16.1 Å². The van der Waals surface area contributed by atoms with E-state index in [1.807, 2.05) is 66.4 Å². The molecule has 1 aliphatic rings. The number of halogens is 1. The van der Waals surface area contributed by atoms with E-state index in [1.54, 1.807) is 0 Å². The lowest BCUT2D eigenvalue weighted by molar-refractivity contribution is -0.129. The summed E-state index contributed by atoms with van der Waals surface area (Å²) < 4.78 is 5.99. The van der Waals surface area contributed by atoms with Crippen molar-refractivity contribution in [3.05, 3.63) is 59.6 Å². The molecule has 1 saturated heterocycles. The maximum Gasteiger partial charge on any atom is 0.277 e. The SMILES string of the molecule is C[C@H](Sc1nnc(-c2cc(-c3ccc(Cl)cc3)nc3ccccc23)o1)C(=O)N1CCCC1. The number of thioether (sulfide) groups is 1. The van der Waals surface area contributed by atoms with Crippen LogP contribution in [0.3, 0.4) is 0 Å². The molecule has 5 rings (SSSR count). The van der Waals surface area contributed by atoms with Crippen molar-refractivity contribution < 1.29 is 9.21 Å². The summed E-state index contributed by atoms with van der Waals surface area (Å²) in [6.45, 7) is 3.54. The molecule has 0 N–H and O–H groups in total. The van der Waals surface area contributed by atoms with E-state index in [-0.39, 0.29) is 11.2 Å². The standard InChI is InChI=1S/C24H21ClN4O2S/c1-15(23(30)29-12-4-5-13-29)32-24-28-27-22(31-24)19-14-21(16-8-10-17(25)11-9-16)26-20-7-3-2-6-18(19)20/h2-3,6-11,14-15H,4-5,12-13H2,1H3/t15-/m0/s1. The van der Waals surface area contributed by atoms with Gasteiger partial charge in [-0.25, -0.2) is 4.98 Å². The molecule has 1 fully saturated rings. The minimum Gasteiger partial charge on any atom is -0.411 e. The molecule has 1 amide bonds. The van der Waals surface area contributed by atoms with Crippen LogP contribution in [0, 0.1) is 0 Å². The Morgan fingerprint density at radius 1 is 1.09 bits per heavy atom. The van der Waals surface area contributed by atoms with E-state index < -0.39 is 0 Å². The minimum atomic E-state index is -0.278. The molecule has 4 aromatic rings. The summed E-state index contributed by atoms with van der Waals surface area (Å²) in [7, 11) is 0. The summed E-state index contributed by atoms with van der Waals surface area (Å²) in [6.07, 6.45) is 2.14. The number of hydrogen-bond donors (Lipinski definition) is 0. The first-order valence-corrected chi connectivity index (χ1v) is 11.8. The average molecular weight is 465 g/mol. The fraction of sp³-hybridized carbons (Fsp3) is 0.250. The molecule has 1 aliphatic heterocycles. The van der Waals surface area contributed by atoms with Crippen LogP contribution in [0.15, 0.2) is 64.2 Å². The second-order valence-electron chi connectivity index (χ2n) is 7.74. The van der Waals surface area contributed by atoms with Crippen LogP contribution in [0.2, 0.25) is 5.02 Å². The van der Waals surface area contributed by atoms with Crippen molar-refractivity contribution >= 4 is 40.2 Å². The maximum absolute atomic E-state index is 12.6. The third-order valence-electron chi connectivity index (χ3n) is 5.54. The summed E-state index contributed by atoms with van der Waals surface area (Å²) in [5.74, 6) is 0.522. The number of pyridine rings is 1. The molecule has 0 spiro atoms. The van der Waals surface area contributed by atoms with Crippen LogP contribution < -0.4 is 0 Å². The second kappa shape index (κ2) is 8.92. The highest BCUT2D eigenvalue weighted by molar-refractivity contribution is 8.00. The van der Waals surface area contributed by atoms with E-state index in [0.717, 1.165) is 53.7 Å². The monoisotopic (exact) mass is 464 g/mol. The van der Waals surface area contributed by atoms with Gasteiger partial charge in [0, 0.05) is 29.1 Å². The smallest absolute Gasteiger partial charge is 0.277 e. The quantitative estimate of drug-likeness (QED) is 0.352. The van der Waals surface area contributed by atoms with Crippen molar-refractivity contribution in [3.63, 3.8) is 0 Å². The van der Waals surface area contributed by atoms with Gasteiger partial charge in [-0.2, -0.15) is 0 Å². The van der Waals surface area contributed by atoms with Gasteiger partial charge in [0.05, 0.1) is 22.0 Å². The second-order valence-corrected chi connectivity index (χ2v) is 9.47. The Labute approximate surface area is 195 Å². The normalized spacial score (nSPS) is 14.8. The van der Waals surface area contributed by atoms with Gasteiger partial charge in [0.25, 0.3) is 5.22 Å². The van der Waals surface area contributed by atoms with E-state index in [2.05, 4.69) is 10.2 Å². The largest absolute Gasteiger partial charge is 0.411 e. The van der Waals surface area contributed by atoms with Crippen molar-refractivity contribution in [2.75, 3.05) is 13.1 Å². The Morgan fingerprint density at radius 2 is 1.84 bits per heavy atom. The number of nitrogens with zero attached hydrogens (tertiary/aromatic N) is 4. The van der Waals surface area contributed by atoms with Gasteiger partial charge in [0.1, 0.15) is 0 Å². The maximum atomic E-state index is 12.6. The first-order chi connectivity index (χ1) is 15.6. The third kappa shape index (κ3) is 4.23. The summed E-state index contributed by atoms with van der Waals surface area (Å²) in [4.78, 5) is 19.3. The average Bonchev–Trinajstić information content (AvgIpc) is 3.51. The summed E-state index contributed by atoms with van der Waals surface area (Å²) in [6, 6.07) is 17.4. The lowest BCUT2D eigenvalue weighted by Gasteiger charge is -2.18. The number of amides is 1. The topological polar surface area (TPSA) is 72.1 Å². The lowest BCUT2D eigenvalue weighted by atomic mass is 10.0. The van der Waals surface area contributed by atoms with E-state index in [1.165, 1.54) is 11.8 Å². The highest BCUT2D eigenvalue weighted by atomic mass is 35.5. The predicted octanol–water partition coefficient (Wildman–Crippen LogP) is 5.71. The van der Waals surface area contributed by atoms with Gasteiger partial charge in [-0.15, -0.1) is 10.2 Å². The Morgan fingerprint density at radius 3 is 2.62 bits per heavy atom. The van der Waals surface area contributed by atoms with Crippen LogP contribution in [0.25, 0.3) is 33.6 Å². The number of hydrogen-bond acceptors (Lipinski definition) is 6. The van der Waals surface area contributed by atoms with Crippen molar-refractivity contribution in [3.8, 4) is 22.7 Å².